The van der Waals surface area contributed by atoms with Gasteiger partial charge in [-0.1, -0.05) is 39.4 Å². The van der Waals surface area contributed by atoms with Crippen LogP contribution in [0.3, 0.4) is 0 Å². The molecule has 8 heteroatoms. The highest BCUT2D eigenvalue weighted by Crippen LogP contribution is 2.64. The number of aromatic nitrogens is 1. The fourth-order valence-corrected chi connectivity index (χ4v) is 9.43. The largest absolute Gasteiger partial charge is 0.508 e. The average Bonchev–Trinajstić information content (AvgIpc) is 3.49. The van der Waals surface area contributed by atoms with Crippen molar-refractivity contribution in [1.29, 1.82) is 0 Å². The summed E-state index contributed by atoms with van der Waals surface area (Å²) in [5.41, 5.74) is 1.87. The number of rotatable bonds is 4. The highest BCUT2D eigenvalue weighted by molar-refractivity contribution is 9.10. The van der Waals surface area contributed by atoms with Crippen LogP contribution in [0.25, 0.3) is 0 Å². The van der Waals surface area contributed by atoms with E-state index in [0.29, 0.717) is 22.8 Å². The average molecular weight is 544 g/mol. The Hall–Kier alpha value is -2.03. The van der Waals surface area contributed by atoms with Crippen LogP contribution in [-0.4, -0.2) is 20.8 Å². The number of thiazole rings is 1. The predicted octanol–water partition coefficient (Wildman–Crippen LogP) is 5.67. The van der Waals surface area contributed by atoms with Crippen LogP contribution in [0.15, 0.2) is 62.8 Å². The second kappa shape index (κ2) is 8.32. The third-order valence-electron chi connectivity index (χ3n) is 7.37. The first kappa shape index (κ1) is 21.5. The summed E-state index contributed by atoms with van der Waals surface area (Å²) in [5.74, 6) is 2.10. The molecule has 170 valence electrons. The molecular weight excluding hydrogens is 520 g/mol. The van der Waals surface area contributed by atoms with Gasteiger partial charge in [-0.25, -0.2) is 0 Å². The van der Waals surface area contributed by atoms with E-state index < -0.39 is 0 Å². The van der Waals surface area contributed by atoms with Crippen LogP contribution >= 0.6 is 39.0 Å². The van der Waals surface area contributed by atoms with Crippen LogP contribution in [0, 0.1) is 17.8 Å². The van der Waals surface area contributed by atoms with Crippen molar-refractivity contribution < 1.29 is 9.90 Å². The molecule has 3 aliphatic rings. The highest BCUT2D eigenvalue weighted by Gasteiger charge is 2.55. The maximum absolute atomic E-state index is 13.1. The van der Waals surface area contributed by atoms with Crippen molar-refractivity contribution in [3.8, 4) is 5.75 Å². The van der Waals surface area contributed by atoms with E-state index in [9.17, 15) is 14.7 Å². The molecule has 33 heavy (non-hydrogen) atoms. The number of halogens is 1. The Kier molecular flexibility index (Phi) is 5.42. The molecule has 2 N–H and O–H groups in total. The minimum atomic E-state index is -0.237. The molecule has 1 aromatic heterocycles. The lowest BCUT2D eigenvalue weighted by Crippen LogP contribution is -2.34. The normalized spacial score (nSPS) is 27.2. The second-order valence-electron chi connectivity index (χ2n) is 9.24. The summed E-state index contributed by atoms with van der Waals surface area (Å²) in [6.07, 6.45) is 3.85. The number of phenolic OH excluding ortho intramolecular Hbond substituents is 1. The van der Waals surface area contributed by atoms with Crippen molar-refractivity contribution >= 4 is 50.6 Å². The van der Waals surface area contributed by atoms with Crippen molar-refractivity contribution in [3.05, 3.63) is 73.1 Å². The van der Waals surface area contributed by atoms with Gasteiger partial charge in [-0.15, -0.1) is 11.8 Å². The first-order valence-corrected chi connectivity index (χ1v) is 13.7. The number of nitrogens with zero attached hydrogens (tertiary/aromatic N) is 1. The van der Waals surface area contributed by atoms with Gasteiger partial charge in [0, 0.05) is 26.2 Å². The zero-order valence-electron chi connectivity index (χ0n) is 17.7. The zero-order valence-corrected chi connectivity index (χ0v) is 21.0. The molecule has 2 aromatic carbocycles. The maximum atomic E-state index is 13.1. The Labute approximate surface area is 208 Å². The number of benzene rings is 2. The Morgan fingerprint density at radius 2 is 1.82 bits per heavy atom. The van der Waals surface area contributed by atoms with Crippen LogP contribution < -0.4 is 10.2 Å². The lowest BCUT2D eigenvalue weighted by atomic mass is 9.75. The number of aromatic hydroxyl groups is 1. The molecule has 6 rings (SSSR count). The summed E-state index contributed by atoms with van der Waals surface area (Å²) in [4.78, 5) is 27.0. The summed E-state index contributed by atoms with van der Waals surface area (Å²) in [7, 11) is 0. The number of carbonyl (C=O) groups is 1. The van der Waals surface area contributed by atoms with Crippen molar-refractivity contribution in [2.45, 2.75) is 42.0 Å². The van der Waals surface area contributed by atoms with E-state index in [-0.39, 0.29) is 29.0 Å². The van der Waals surface area contributed by atoms with Crippen molar-refractivity contribution in [2.24, 2.45) is 17.8 Å². The van der Waals surface area contributed by atoms with Gasteiger partial charge in [0.2, 0.25) is 5.91 Å². The molecule has 2 fully saturated rings. The van der Waals surface area contributed by atoms with E-state index >= 15 is 0 Å². The minimum absolute atomic E-state index is 0.00289. The molecule has 2 aliphatic carbocycles. The number of nitrogens with one attached hydrogen (secondary N) is 1. The number of fused-ring (bicyclic) bond motifs is 6. The molecule has 2 heterocycles. The quantitative estimate of drug-likeness (QED) is 0.416. The van der Waals surface area contributed by atoms with Gasteiger partial charge < -0.3 is 10.4 Å². The fraction of sp³-hybridized carbons (Fsp3) is 0.360. The van der Waals surface area contributed by atoms with Gasteiger partial charge in [-0.2, -0.15) is 0 Å². The molecular formula is C25H23BrN2O3S2. The van der Waals surface area contributed by atoms with E-state index in [4.69, 9.17) is 0 Å². The van der Waals surface area contributed by atoms with Gasteiger partial charge in [0.15, 0.2) is 0 Å². The van der Waals surface area contributed by atoms with Gasteiger partial charge in [0.25, 0.3) is 0 Å². The number of hydrogen-bond acceptors (Lipinski definition) is 5. The molecule has 1 aliphatic heterocycles. The molecule has 0 spiro atoms. The Bertz CT molecular complexity index is 1270. The zero-order chi connectivity index (χ0) is 22.7. The molecule has 5 nitrogen and oxygen atoms in total. The van der Waals surface area contributed by atoms with E-state index in [0.717, 1.165) is 20.3 Å². The SMILES string of the molecule is O=C(Cn1c2c(sc1=O)[C@@H](c1ccc(Br)cc1)[C@@H]1[C@H]3CC[C@@H](C3)[C@H]1S2)Nc1ccc(O)cc1. The Balaban J connectivity index is 1.36. The number of phenols is 1. The third kappa shape index (κ3) is 3.76. The van der Waals surface area contributed by atoms with Gasteiger partial charge in [0.1, 0.15) is 12.3 Å². The maximum Gasteiger partial charge on any atom is 0.308 e. The standard InChI is InChI=1S/C25H23BrN2O3S2/c26-16-5-3-13(4-6-16)20-21-14-1-2-15(11-14)22(21)32-24-23(20)33-25(31)28(24)12-19(30)27-17-7-9-18(29)10-8-17/h3-10,14-15,20-22,29H,1-2,11-12H2,(H,27,30)/t14-,15-,20-,21-,22+/m0/s1. The van der Waals surface area contributed by atoms with Crippen molar-refractivity contribution in [3.63, 3.8) is 0 Å². The predicted molar refractivity (Wildman–Crippen MR) is 135 cm³/mol. The van der Waals surface area contributed by atoms with Crippen molar-refractivity contribution in [1.82, 2.24) is 4.57 Å². The minimum Gasteiger partial charge on any atom is -0.508 e. The van der Waals surface area contributed by atoms with E-state index in [1.165, 1.54) is 48.3 Å². The Morgan fingerprint density at radius 1 is 1.09 bits per heavy atom. The number of amides is 1. The molecule has 0 saturated heterocycles. The second-order valence-corrected chi connectivity index (χ2v) is 12.3. The van der Waals surface area contributed by atoms with Gasteiger partial charge in [0.05, 0.1) is 5.03 Å². The van der Waals surface area contributed by atoms with Crippen LogP contribution in [0.5, 0.6) is 5.75 Å². The molecule has 2 saturated carbocycles. The molecule has 1 amide bonds. The fourth-order valence-electron chi connectivity index (χ4n) is 6.02. The monoisotopic (exact) mass is 542 g/mol. The summed E-state index contributed by atoms with van der Waals surface area (Å²) >= 11 is 6.70. The number of thioether (sulfide) groups is 1. The number of carbonyl (C=O) groups excluding carboxylic acids is 1. The third-order valence-corrected chi connectivity index (χ3v) is 10.7. The van der Waals surface area contributed by atoms with Gasteiger partial charge in [-0.3, -0.25) is 14.2 Å². The summed E-state index contributed by atoms with van der Waals surface area (Å²) in [6.45, 7) is -0.00289. The Morgan fingerprint density at radius 3 is 2.58 bits per heavy atom. The molecule has 0 radical (unpaired) electrons. The smallest absolute Gasteiger partial charge is 0.308 e. The summed E-state index contributed by atoms with van der Waals surface area (Å²) in [5, 5.41) is 13.8. The lowest BCUT2D eigenvalue weighted by Gasteiger charge is -2.40. The topological polar surface area (TPSA) is 71.3 Å². The first-order chi connectivity index (χ1) is 16.0. The van der Waals surface area contributed by atoms with Gasteiger partial charge in [-0.05, 0) is 79.0 Å². The van der Waals surface area contributed by atoms with E-state index in [2.05, 4.69) is 45.5 Å². The summed E-state index contributed by atoms with van der Waals surface area (Å²) in [6, 6.07) is 14.9. The molecule has 3 aromatic rings. The van der Waals surface area contributed by atoms with E-state index in [1.807, 2.05) is 11.8 Å². The first-order valence-electron chi connectivity index (χ1n) is 11.2. The number of hydrogen-bond donors (Lipinski definition) is 2. The lowest BCUT2D eigenvalue weighted by molar-refractivity contribution is -0.116. The van der Waals surface area contributed by atoms with Crippen molar-refractivity contribution in [2.75, 3.05) is 5.32 Å². The molecule has 0 unspecified atom stereocenters. The molecule has 5 atom stereocenters. The van der Waals surface area contributed by atoms with Crippen LogP contribution in [0.4, 0.5) is 5.69 Å². The van der Waals surface area contributed by atoms with Crippen LogP contribution in [-0.2, 0) is 11.3 Å². The summed E-state index contributed by atoms with van der Waals surface area (Å²) < 4.78 is 2.73. The van der Waals surface area contributed by atoms with Gasteiger partial charge >= 0.3 is 4.87 Å². The highest BCUT2D eigenvalue weighted by atomic mass is 79.9. The van der Waals surface area contributed by atoms with Crippen LogP contribution in [0.1, 0.15) is 35.6 Å². The van der Waals surface area contributed by atoms with Crippen LogP contribution in [0.2, 0.25) is 0 Å². The molecule has 2 bridgehead atoms. The number of anilines is 1. The van der Waals surface area contributed by atoms with E-state index in [1.54, 1.807) is 16.7 Å².